The van der Waals surface area contributed by atoms with Gasteiger partial charge in [-0.25, -0.2) is 0 Å². The van der Waals surface area contributed by atoms with Crippen LogP contribution in [0, 0.1) is 0 Å². The molecule has 0 aliphatic rings. The first-order chi connectivity index (χ1) is 26.2. The minimum Gasteiger partial charge on any atom is -0.311 e. The molecule has 0 saturated carbocycles. The molecule has 1 atom stereocenters. The lowest BCUT2D eigenvalue weighted by atomic mass is 9.92. The van der Waals surface area contributed by atoms with Gasteiger partial charge in [0.15, 0.2) is 0 Å². The third kappa shape index (κ3) is 6.03. The van der Waals surface area contributed by atoms with Crippen LogP contribution >= 0.6 is 0 Å². The predicted molar refractivity (Wildman–Crippen MR) is 224 cm³/mol. The summed E-state index contributed by atoms with van der Waals surface area (Å²) < 4.78 is 2.38. The van der Waals surface area contributed by atoms with Crippen molar-refractivity contribution in [2.75, 3.05) is 9.80 Å². The van der Waals surface area contributed by atoms with E-state index in [9.17, 15) is 0 Å². The molecule has 0 spiro atoms. The second-order valence-electron chi connectivity index (χ2n) is 13.4. The fourth-order valence-electron chi connectivity index (χ4n) is 7.66. The van der Waals surface area contributed by atoms with Crippen molar-refractivity contribution in [1.82, 2.24) is 4.57 Å². The lowest BCUT2D eigenvalue weighted by molar-refractivity contribution is 0.922. The predicted octanol–water partition coefficient (Wildman–Crippen LogP) is 13.9. The Hall–Kier alpha value is -6.84. The number of para-hydroxylation sites is 5. The molecule has 1 heterocycles. The smallest absolute Gasteiger partial charge is 0.0562 e. The van der Waals surface area contributed by atoms with Gasteiger partial charge in [-0.05, 0) is 102 Å². The first-order valence-electron chi connectivity index (χ1n) is 18.3. The van der Waals surface area contributed by atoms with Gasteiger partial charge in [0.1, 0.15) is 0 Å². The first kappa shape index (κ1) is 32.1. The van der Waals surface area contributed by atoms with Gasteiger partial charge < -0.3 is 14.4 Å². The minimum atomic E-state index is 0.220. The van der Waals surface area contributed by atoms with E-state index in [0.717, 1.165) is 39.8 Å². The molecule has 3 heteroatoms. The number of aromatic nitrogens is 1. The summed E-state index contributed by atoms with van der Waals surface area (Å²) in [5, 5.41) is 2.46. The summed E-state index contributed by atoms with van der Waals surface area (Å²) in [6.07, 6.45) is 0. The van der Waals surface area contributed by atoms with E-state index in [0.29, 0.717) is 0 Å². The number of nitrogens with zero attached hydrogens (tertiary/aromatic N) is 3. The monoisotopic (exact) mass is 681 g/mol. The Kier molecular flexibility index (Phi) is 8.51. The Morgan fingerprint density at radius 2 is 0.774 bits per heavy atom. The van der Waals surface area contributed by atoms with Crippen LogP contribution in [0.1, 0.15) is 24.0 Å². The normalized spacial score (nSPS) is 11.8. The van der Waals surface area contributed by atoms with Crippen molar-refractivity contribution in [2.45, 2.75) is 12.8 Å². The lowest BCUT2D eigenvalue weighted by Gasteiger charge is -2.27. The molecule has 0 aliphatic carbocycles. The van der Waals surface area contributed by atoms with Gasteiger partial charge >= 0.3 is 0 Å². The summed E-state index contributed by atoms with van der Waals surface area (Å²) in [6.45, 7) is 2.30. The lowest BCUT2D eigenvalue weighted by Crippen LogP contribution is -2.11. The molecule has 0 N–H and O–H groups in total. The summed E-state index contributed by atoms with van der Waals surface area (Å²) in [5.41, 5.74) is 12.9. The van der Waals surface area contributed by atoms with Gasteiger partial charge in [-0.3, -0.25) is 0 Å². The van der Waals surface area contributed by atoms with E-state index in [1.807, 2.05) is 0 Å². The van der Waals surface area contributed by atoms with Gasteiger partial charge in [0.05, 0.1) is 16.7 Å². The van der Waals surface area contributed by atoms with E-state index in [1.165, 1.54) is 32.9 Å². The van der Waals surface area contributed by atoms with Crippen molar-refractivity contribution in [3.8, 4) is 5.69 Å². The third-order valence-corrected chi connectivity index (χ3v) is 10.3. The van der Waals surface area contributed by atoms with E-state index < -0.39 is 0 Å². The Labute approximate surface area is 311 Å². The largest absolute Gasteiger partial charge is 0.311 e. The molecule has 0 amide bonds. The summed E-state index contributed by atoms with van der Waals surface area (Å²) >= 11 is 0. The van der Waals surface area contributed by atoms with Crippen LogP contribution in [-0.4, -0.2) is 4.57 Å². The summed E-state index contributed by atoms with van der Waals surface area (Å²) in [7, 11) is 0. The van der Waals surface area contributed by atoms with Crippen molar-refractivity contribution in [1.29, 1.82) is 0 Å². The molecule has 9 rings (SSSR count). The average Bonchev–Trinajstić information content (AvgIpc) is 3.58. The molecular formula is C50H39N3. The van der Waals surface area contributed by atoms with E-state index in [4.69, 9.17) is 0 Å². The Morgan fingerprint density at radius 1 is 0.358 bits per heavy atom. The Morgan fingerprint density at radius 3 is 1.32 bits per heavy atom. The second kappa shape index (κ2) is 14.1. The molecule has 0 aliphatic heterocycles. The van der Waals surface area contributed by atoms with Crippen molar-refractivity contribution in [3.05, 3.63) is 223 Å². The van der Waals surface area contributed by atoms with Gasteiger partial charge in [0.2, 0.25) is 0 Å². The van der Waals surface area contributed by atoms with Crippen molar-refractivity contribution >= 4 is 55.9 Å². The standard InChI is InChI=1S/C50H39N3/c1-37(38-29-33-44(34-30-38)51(40-17-6-2-7-18-40)41-19-8-3-9-20-41)39-31-35-45(36-32-39)52(42-21-10-4-11-22-42)48-27-16-28-49-50(48)46-25-14-15-26-47(46)53(49)43-23-12-5-13-24-43/h2-37H,1H3. The number of hydrogen-bond acceptors (Lipinski definition) is 2. The van der Waals surface area contributed by atoms with E-state index >= 15 is 0 Å². The van der Waals surface area contributed by atoms with Crippen LogP contribution in [-0.2, 0) is 0 Å². The second-order valence-corrected chi connectivity index (χ2v) is 13.4. The molecule has 1 aromatic heterocycles. The average molecular weight is 682 g/mol. The molecule has 3 nitrogen and oxygen atoms in total. The van der Waals surface area contributed by atoms with Gasteiger partial charge in [-0.2, -0.15) is 0 Å². The van der Waals surface area contributed by atoms with Crippen molar-refractivity contribution in [3.63, 3.8) is 0 Å². The first-order valence-corrected chi connectivity index (χ1v) is 18.3. The van der Waals surface area contributed by atoms with E-state index in [1.54, 1.807) is 0 Å². The number of benzene rings is 8. The quantitative estimate of drug-likeness (QED) is 0.150. The molecule has 0 bridgehead atoms. The highest BCUT2D eigenvalue weighted by molar-refractivity contribution is 6.16. The molecule has 9 aromatic rings. The summed E-state index contributed by atoms with van der Waals surface area (Å²) in [5.74, 6) is 0.220. The van der Waals surface area contributed by atoms with Crippen LogP contribution in [0.2, 0.25) is 0 Å². The molecule has 0 fully saturated rings. The molecule has 254 valence electrons. The highest BCUT2D eigenvalue weighted by Gasteiger charge is 2.21. The zero-order chi connectivity index (χ0) is 35.6. The number of fused-ring (bicyclic) bond motifs is 3. The Balaban J connectivity index is 1.08. The van der Waals surface area contributed by atoms with Crippen LogP contribution in [0.4, 0.5) is 34.1 Å². The number of anilines is 6. The highest BCUT2D eigenvalue weighted by atomic mass is 15.2. The van der Waals surface area contributed by atoms with Crippen LogP contribution in [0.3, 0.4) is 0 Å². The molecule has 0 radical (unpaired) electrons. The van der Waals surface area contributed by atoms with Crippen LogP contribution in [0.15, 0.2) is 212 Å². The molecular weight excluding hydrogens is 643 g/mol. The van der Waals surface area contributed by atoms with Crippen molar-refractivity contribution in [2.24, 2.45) is 0 Å². The van der Waals surface area contributed by atoms with Crippen LogP contribution in [0.5, 0.6) is 0 Å². The fraction of sp³-hybridized carbons (Fsp3) is 0.0400. The van der Waals surface area contributed by atoms with Gasteiger partial charge in [-0.1, -0.05) is 128 Å². The maximum Gasteiger partial charge on any atom is 0.0562 e. The molecule has 53 heavy (non-hydrogen) atoms. The maximum atomic E-state index is 2.40. The maximum absolute atomic E-state index is 2.40. The van der Waals surface area contributed by atoms with Gasteiger partial charge in [-0.15, -0.1) is 0 Å². The van der Waals surface area contributed by atoms with Crippen molar-refractivity contribution < 1.29 is 0 Å². The zero-order valence-electron chi connectivity index (χ0n) is 29.6. The van der Waals surface area contributed by atoms with E-state index in [-0.39, 0.29) is 5.92 Å². The van der Waals surface area contributed by atoms with E-state index in [2.05, 4.69) is 234 Å². The molecule has 1 unspecified atom stereocenters. The SMILES string of the molecule is CC(c1ccc(N(c2ccccc2)c2ccccc2)cc1)c1ccc(N(c2ccccc2)c2cccc3c2c2ccccc2n3-c2ccccc2)cc1. The molecule has 0 saturated heterocycles. The minimum absolute atomic E-state index is 0.220. The number of hydrogen-bond donors (Lipinski definition) is 0. The summed E-state index contributed by atoms with van der Waals surface area (Å²) in [6, 6.07) is 76.1. The van der Waals surface area contributed by atoms with Crippen LogP contribution < -0.4 is 9.80 Å². The highest BCUT2D eigenvalue weighted by Crippen LogP contribution is 2.44. The van der Waals surface area contributed by atoms with Gasteiger partial charge in [0.25, 0.3) is 0 Å². The third-order valence-electron chi connectivity index (χ3n) is 10.3. The number of rotatable bonds is 9. The molecule has 8 aromatic carbocycles. The zero-order valence-corrected chi connectivity index (χ0v) is 29.6. The van der Waals surface area contributed by atoms with Crippen LogP contribution in [0.25, 0.3) is 27.5 Å². The Bertz CT molecular complexity index is 2560. The summed E-state index contributed by atoms with van der Waals surface area (Å²) in [4.78, 5) is 4.70. The topological polar surface area (TPSA) is 11.4 Å². The fourth-order valence-corrected chi connectivity index (χ4v) is 7.66. The van der Waals surface area contributed by atoms with Gasteiger partial charge in [0, 0.05) is 50.8 Å².